The normalized spacial score (nSPS) is 46.4. The van der Waals surface area contributed by atoms with Crippen molar-refractivity contribution in [1.29, 1.82) is 0 Å². The highest BCUT2D eigenvalue weighted by molar-refractivity contribution is 7.91. The van der Waals surface area contributed by atoms with E-state index in [-0.39, 0.29) is 28.2 Å². The number of nitrogens with one attached hydrogen (secondary N) is 1. The summed E-state index contributed by atoms with van der Waals surface area (Å²) in [6.07, 6.45) is 21.3. The zero-order valence-electron chi connectivity index (χ0n) is 29.7. The average molecular weight is 669 g/mol. The van der Waals surface area contributed by atoms with Crippen LogP contribution in [0.3, 0.4) is 0 Å². The molecule has 4 saturated carbocycles. The second kappa shape index (κ2) is 11.7. The van der Waals surface area contributed by atoms with E-state index in [4.69, 9.17) is 0 Å². The smallest absolute Gasteiger partial charge is 0.306 e. The van der Waals surface area contributed by atoms with E-state index in [9.17, 15) is 23.1 Å². The summed E-state index contributed by atoms with van der Waals surface area (Å²) in [6.45, 7) is 11.7. The maximum absolute atomic E-state index is 13.3. The monoisotopic (exact) mass is 668 g/mol. The van der Waals surface area contributed by atoms with Crippen LogP contribution in [0.25, 0.3) is 0 Å². The quantitative estimate of drug-likeness (QED) is 0.323. The van der Waals surface area contributed by atoms with Crippen molar-refractivity contribution in [3.8, 4) is 0 Å². The van der Waals surface area contributed by atoms with Crippen LogP contribution in [0.2, 0.25) is 0 Å². The van der Waals surface area contributed by atoms with Crippen molar-refractivity contribution in [2.75, 3.05) is 25.9 Å². The number of hydrogen-bond acceptors (Lipinski definition) is 5. The number of carboxylic acid groups (broad SMARTS) is 1. The first kappa shape index (κ1) is 33.8. The molecule has 1 aliphatic heterocycles. The molecule has 0 aromatic carbocycles. The Morgan fingerprint density at radius 1 is 0.936 bits per heavy atom. The second-order valence-corrected chi connectivity index (χ2v) is 20.3. The molecule has 2 N–H and O–H groups in total. The number of likely N-dealkylation sites (tertiary alicyclic amines) is 1. The molecule has 1 saturated heterocycles. The predicted octanol–water partition coefficient (Wildman–Crippen LogP) is 6.79. The Balaban J connectivity index is 1.07. The molecule has 1 amide bonds. The number of rotatable bonds is 6. The standard InChI is InChI=1S/C39H60N2O5S/c1-25-29(26-8-10-27(11-9-26)35(43)44)14-18-36(2)30(25)15-19-38(4)33(36)13-12-31-32-7-6-17-39(32,21-20-37(31,38)3)40-23-34(42)41-22-16-28(24-41)47(5,45)46/h8,14,25,27-28,30-33,40H,6-7,9-13,15-24H2,1-5H3,(H,43,44)/t25?,27?,28?,30?,31?,32?,33?,36?,37-,38?,39?/m1/s1. The summed E-state index contributed by atoms with van der Waals surface area (Å²) < 4.78 is 24.2. The molecule has 11 atom stereocenters. The number of fused-ring (bicyclic) bond motifs is 7. The maximum Gasteiger partial charge on any atom is 0.306 e. The van der Waals surface area contributed by atoms with Gasteiger partial charge in [-0.25, -0.2) is 8.42 Å². The zero-order valence-corrected chi connectivity index (χ0v) is 30.5. The van der Waals surface area contributed by atoms with E-state index in [1.165, 1.54) is 62.3 Å². The lowest BCUT2D eigenvalue weighted by molar-refractivity contribution is -0.212. The SMILES string of the molecule is CC1C(C2=CCC(C(=O)O)CC2)=CCC2(C)C1CCC1(C)C2CCC2C3CCCC3(NCC(=O)N3CCC(S(C)(=O)=O)C3)CC[C@]21C. The fraction of sp³-hybridized carbons (Fsp3) is 0.846. The van der Waals surface area contributed by atoms with Crippen molar-refractivity contribution >= 4 is 21.7 Å². The third-order valence-electron chi connectivity index (χ3n) is 16.4. The van der Waals surface area contributed by atoms with E-state index in [2.05, 4.69) is 45.2 Å². The molecule has 7 aliphatic rings. The van der Waals surface area contributed by atoms with Crippen LogP contribution in [0.5, 0.6) is 0 Å². The summed E-state index contributed by atoms with van der Waals surface area (Å²) in [6, 6.07) is 0. The van der Waals surface area contributed by atoms with Gasteiger partial charge in [0.05, 0.1) is 17.7 Å². The minimum atomic E-state index is -3.12. The Bertz CT molecular complexity index is 1470. The number of aliphatic carboxylic acids is 1. The van der Waals surface area contributed by atoms with Gasteiger partial charge >= 0.3 is 5.97 Å². The number of hydrogen-bond donors (Lipinski definition) is 2. The van der Waals surface area contributed by atoms with Crippen LogP contribution in [-0.4, -0.2) is 67.0 Å². The number of carboxylic acids is 1. The molecule has 0 aromatic rings. The van der Waals surface area contributed by atoms with Crippen LogP contribution in [-0.2, 0) is 19.4 Å². The van der Waals surface area contributed by atoms with Crippen molar-refractivity contribution in [3.05, 3.63) is 23.3 Å². The summed E-state index contributed by atoms with van der Waals surface area (Å²) in [5.74, 6) is 2.37. The highest BCUT2D eigenvalue weighted by Crippen LogP contribution is 2.75. The molecule has 8 heteroatoms. The average Bonchev–Trinajstić information content (AvgIpc) is 3.69. The molecule has 0 spiro atoms. The van der Waals surface area contributed by atoms with Crippen LogP contribution in [0.4, 0.5) is 0 Å². The molecule has 262 valence electrons. The summed E-state index contributed by atoms with van der Waals surface area (Å²) in [7, 11) is -3.12. The topological polar surface area (TPSA) is 104 Å². The van der Waals surface area contributed by atoms with E-state index < -0.39 is 21.1 Å². The summed E-state index contributed by atoms with van der Waals surface area (Å²) in [5, 5.41) is 13.0. The predicted molar refractivity (Wildman–Crippen MR) is 185 cm³/mol. The summed E-state index contributed by atoms with van der Waals surface area (Å²) >= 11 is 0. The van der Waals surface area contributed by atoms with Gasteiger partial charge in [-0.3, -0.25) is 9.59 Å². The lowest BCUT2D eigenvalue weighted by Crippen LogP contribution is -2.67. The minimum Gasteiger partial charge on any atom is -0.481 e. The van der Waals surface area contributed by atoms with E-state index in [1.54, 1.807) is 4.90 Å². The Morgan fingerprint density at radius 3 is 2.40 bits per heavy atom. The van der Waals surface area contributed by atoms with Gasteiger partial charge < -0.3 is 15.3 Å². The first-order chi connectivity index (χ1) is 22.1. The number of nitrogens with zero attached hydrogens (tertiary/aromatic N) is 1. The molecule has 0 bridgehead atoms. The third-order valence-corrected chi connectivity index (χ3v) is 18.0. The van der Waals surface area contributed by atoms with Gasteiger partial charge in [0.25, 0.3) is 0 Å². The van der Waals surface area contributed by atoms with Gasteiger partial charge in [0.15, 0.2) is 9.84 Å². The fourth-order valence-corrected chi connectivity index (χ4v) is 14.5. The van der Waals surface area contributed by atoms with E-state index >= 15 is 0 Å². The second-order valence-electron chi connectivity index (χ2n) is 18.0. The van der Waals surface area contributed by atoms with E-state index in [0.717, 1.165) is 32.1 Å². The molecule has 47 heavy (non-hydrogen) atoms. The summed E-state index contributed by atoms with van der Waals surface area (Å²) in [5.41, 5.74) is 3.86. The molecule has 7 rings (SSSR count). The molecule has 6 aliphatic carbocycles. The highest BCUT2D eigenvalue weighted by atomic mass is 32.2. The van der Waals surface area contributed by atoms with E-state index in [0.29, 0.717) is 67.5 Å². The molecular weight excluding hydrogens is 609 g/mol. The third kappa shape index (κ3) is 5.22. The van der Waals surface area contributed by atoms with Crippen molar-refractivity contribution < 1.29 is 23.1 Å². The van der Waals surface area contributed by atoms with Gasteiger partial charge in [-0.15, -0.1) is 0 Å². The Morgan fingerprint density at radius 2 is 1.72 bits per heavy atom. The molecule has 0 aromatic heterocycles. The van der Waals surface area contributed by atoms with Gasteiger partial charge in [0, 0.05) is 24.9 Å². The van der Waals surface area contributed by atoms with Crippen LogP contribution < -0.4 is 5.32 Å². The molecule has 5 fully saturated rings. The van der Waals surface area contributed by atoms with Crippen molar-refractivity contribution in [3.63, 3.8) is 0 Å². The molecule has 10 unspecified atom stereocenters. The number of carbonyl (C=O) groups is 2. The number of sulfone groups is 1. The highest BCUT2D eigenvalue weighted by Gasteiger charge is 2.68. The Labute approximate surface area is 283 Å². The Kier molecular flexibility index (Phi) is 8.42. The van der Waals surface area contributed by atoms with Gasteiger partial charge in [0.2, 0.25) is 5.91 Å². The van der Waals surface area contributed by atoms with Gasteiger partial charge in [-0.1, -0.05) is 46.3 Å². The van der Waals surface area contributed by atoms with E-state index in [1.807, 2.05) is 0 Å². The lowest BCUT2D eigenvalue weighted by Gasteiger charge is -2.71. The maximum atomic E-state index is 13.3. The van der Waals surface area contributed by atoms with Crippen LogP contribution in [0.15, 0.2) is 23.3 Å². The molecule has 0 radical (unpaired) electrons. The van der Waals surface area contributed by atoms with Crippen molar-refractivity contribution in [1.82, 2.24) is 10.2 Å². The largest absolute Gasteiger partial charge is 0.481 e. The zero-order chi connectivity index (χ0) is 33.6. The number of carbonyl (C=O) groups excluding carboxylic acids is 1. The summed E-state index contributed by atoms with van der Waals surface area (Å²) in [4.78, 5) is 26.7. The minimum absolute atomic E-state index is 0.0322. The molecular formula is C39H60N2O5S. The fourth-order valence-electron chi connectivity index (χ4n) is 13.5. The van der Waals surface area contributed by atoms with Gasteiger partial charge in [-0.05, 0) is 140 Å². The van der Waals surface area contributed by atoms with Crippen LogP contribution in [0, 0.1) is 51.8 Å². The van der Waals surface area contributed by atoms with Crippen LogP contribution in [0.1, 0.15) is 118 Å². The number of allylic oxidation sites excluding steroid dienone is 4. The first-order valence-corrected chi connectivity index (χ1v) is 20.9. The van der Waals surface area contributed by atoms with Gasteiger partial charge in [0.1, 0.15) is 0 Å². The molecule has 1 heterocycles. The molecule has 7 nitrogen and oxygen atoms in total. The Hall–Kier alpha value is -1.67. The first-order valence-electron chi connectivity index (χ1n) is 19.0. The number of amides is 1. The lowest BCUT2D eigenvalue weighted by atomic mass is 9.34. The van der Waals surface area contributed by atoms with Crippen LogP contribution >= 0.6 is 0 Å². The van der Waals surface area contributed by atoms with Gasteiger partial charge in [-0.2, -0.15) is 0 Å². The van der Waals surface area contributed by atoms with Crippen molar-refractivity contribution in [2.45, 2.75) is 128 Å². The van der Waals surface area contributed by atoms with Crippen molar-refractivity contribution in [2.24, 2.45) is 51.8 Å².